The number of hydrogen-bond acceptors (Lipinski definition) is 8. The number of methoxy groups -OCH3 is 1. The zero-order valence-electron chi connectivity index (χ0n) is 26.1. The van der Waals surface area contributed by atoms with Gasteiger partial charge in [0.1, 0.15) is 17.8 Å². The van der Waals surface area contributed by atoms with Crippen molar-refractivity contribution in [2.45, 2.75) is 80.4 Å². The van der Waals surface area contributed by atoms with Crippen molar-refractivity contribution in [1.29, 1.82) is 5.26 Å². The van der Waals surface area contributed by atoms with Gasteiger partial charge in [-0.1, -0.05) is 6.07 Å². The summed E-state index contributed by atoms with van der Waals surface area (Å²) in [5, 5.41) is 13.6. The van der Waals surface area contributed by atoms with E-state index in [1.807, 2.05) is 11.0 Å². The quantitative estimate of drug-likeness (QED) is 0.303. The van der Waals surface area contributed by atoms with E-state index in [2.05, 4.69) is 16.4 Å². The average Bonchev–Trinajstić information content (AvgIpc) is 3.45. The Morgan fingerprint density at radius 3 is 2.69 bits per heavy atom. The third-order valence-corrected chi connectivity index (χ3v) is 12.5. The summed E-state index contributed by atoms with van der Waals surface area (Å²) in [5.74, 6) is -3.50. The van der Waals surface area contributed by atoms with Crippen molar-refractivity contribution in [3.8, 4) is 11.8 Å². The molecule has 0 bridgehead atoms. The molecule has 6 atom stereocenters. The van der Waals surface area contributed by atoms with Crippen LogP contribution in [0.4, 0.5) is 4.39 Å². The summed E-state index contributed by atoms with van der Waals surface area (Å²) in [6.45, 7) is 0.347. The lowest BCUT2D eigenvalue weighted by molar-refractivity contribution is -0.147. The molecule has 3 aromatic rings. The maximum absolute atomic E-state index is 14.4. The first-order valence-electron chi connectivity index (χ1n) is 16.0. The van der Waals surface area contributed by atoms with Crippen LogP contribution >= 0.6 is 18.9 Å². The van der Waals surface area contributed by atoms with Crippen molar-refractivity contribution >= 4 is 46.7 Å². The lowest BCUT2D eigenvalue weighted by Gasteiger charge is -2.35. The molecule has 3 saturated heterocycles. The van der Waals surface area contributed by atoms with E-state index >= 15 is 0 Å². The first-order valence-corrected chi connectivity index (χ1v) is 18.5. The minimum atomic E-state index is -4.99. The van der Waals surface area contributed by atoms with Crippen molar-refractivity contribution in [2.24, 2.45) is 5.92 Å². The highest BCUT2D eigenvalue weighted by Crippen LogP contribution is 2.58. The molecule has 5 heterocycles. The predicted molar refractivity (Wildman–Crippen MR) is 173 cm³/mol. The van der Waals surface area contributed by atoms with Gasteiger partial charge < -0.3 is 29.6 Å². The van der Waals surface area contributed by atoms with Crippen LogP contribution < -0.4 is 10.1 Å². The molecule has 48 heavy (non-hydrogen) atoms. The van der Waals surface area contributed by atoms with Gasteiger partial charge in [-0.2, -0.15) is 5.26 Å². The molecule has 1 spiro atoms. The fourth-order valence-corrected chi connectivity index (χ4v) is 9.46. The van der Waals surface area contributed by atoms with Crippen molar-refractivity contribution < 1.29 is 37.9 Å². The average molecular weight is 696 g/mol. The molecule has 1 aliphatic carbocycles. The van der Waals surface area contributed by atoms with Gasteiger partial charge >= 0.3 is 7.60 Å². The maximum Gasteiger partial charge on any atom is 0.363 e. The largest absolute Gasteiger partial charge is 0.495 e. The first kappa shape index (κ1) is 32.6. The molecule has 1 aromatic carbocycles. The Morgan fingerprint density at radius 2 is 1.98 bits per heavy atom. The fraction of sp³-hybridized carbons (Fsp3) is 0.485. The van der Waals surface area contributed by atoms with Gasteiger partial charge in [-0.15, -0.1) is 11.3 Å². The van der Waals surface area contributed by atoms with Gasteiger partial charge in [-0.05, 0) is 85.7 Å². The van der Waals surface area contributed by atoms with Crippen LogP contribution in [-0.4, -0.2) is 79.6 Å². The zero-order valence-corrected chi connectivity index (χ0v) is 27.8. The van der Waals surface area contributed by atoms with Gasteiger partial charge in [0, 0.05) is 29.4 Å². The number of carbonyl (C=O) groups excluding carboxylic acids is 3. The molecule has 0 unspecified atom stereocenters. The summed E-state index contributed by atoms with van der Waals surface area (Å²) in [5.41, 5.74) is 0.0762. The Kier molecular flexibility index (Phi) is 8.31. The predicted octanol–water partition coefficient (Wildman–Crippen LogP) is 4.39. The number of nitriles is 1. The number of thiophene rings is 1. The van der Waals surface area contributed by atoms with Crippen LogP contribution in [0.1, 0.15) is 77.6 Å². The summed E-state index contributed by atoms with van der Waals surface area (Å²) < 4.78 is 31.7. The van der Waals surface area contributed by atoms with Crippen molar-refractivity contribution in [1.82, 2.24) is 20.1 Å². The Bertz CT molecular complexity index is 1890. The number of fused-ring (bicyclic) bond motifs is 2. The number of nitrogens with one attached hydrogen (secondary N) is 1. The van der Waals surface area contributed by atoms with Gasteiger partial charge in [0.25, 0.3) is 5.91 Å². The molecular weight excluding hydrogens is 660 g/mol. The summed E-state index contributed by atoms with van der Waals surface area (Å²) in [4.78, 5) is 68.5. The number of alkyl halides is 1. The number of ether oxygens (including phenoxy) is 1. The molecule has 4 fully saturated rings. The fourth-order valence-electron chi connectivity index (χ4n) is 7.97. The molecule has 3 N–H and O–H groups in total. The molecule has 7 rings (SSSR count). The summed E-state index contributed by atoms with van der Waals surface area (Å²) >= 11 is 1.13. The number of rotatable bonds is 7. The minimum absolute atomic E-state index is 0.123. The molecule has 1 saturated carbocycles. The summed E-state index contributed by atoms with van der Waals surface area (Å²) in [6, 6.07) is 8.29. The molecule has 2 aromatic heterocycles. The van der Waals surface area contributed by atoms with Crippen LogP contribution in [0.5, 0.6) is 5.75 Å². The van der Waals surface area contributed by atoms with Crippen molar-refractivity contribution in [3.05, 3.63) is 58.7 Å². The van der Waals surface area contributed by atoms with Gasteiger partial charge in [0.2, 0.25) is 17.7 Å². The highest BCUT2D eigenvalue weighted by Gasteiger charge is 2.64. The number of amides is 3. The van der Waals surface area contributed by atoms with E-state index in [9.17, 15) is 38.4 Å². The third kappa shape index (κ3) is 5.56. The Hall–Kier alpha value is -3.89. The minimum Gasteiger partial charge on any atom is -0.495 e. The van der Waals surface area contributed by atoms with Crippen LogP contribution in [0.3, 0.4) is 0 Å². The molecule has 4 aliphatic rings. The highest BCUT2D eigenvalue weighted by molar-refractivity contribution is 7.51. The highest BCUT2D eigenvalue weighted by atomic mass is 32.1. The van der Waals surface area contributed by atoms with E-state index in [4.69, 9.17) is 4.74 Å². The Morgan fingerprint density at radius 1 is 1.19 bits per heavy atom. The first-order chi connectivity index (χ1) is 22.9. The number of aromatic nitrogens is 1. The number of hydrogen-bond donors (Lipinski definition) is 3. The zero-order chi connectivity index (χ0) is 34.0. The second-order valence-electron chi connectivity index (χ2n) is 13.2. The molecule has 12 nitrogen and oxygen atoms in total. The molecule has 252 valence electrons. The third-order valence-electron chi connectivity index (χ3n) is 10.5. The molecule has 3 amide bonds. The number of halogens is 1. The van der Waals surface area contributed by atoms with E-state index in [0.29, 0.717) is 54.5 Å². The molecule has 3 aliphatic heterocycles. The second kappa shape index (κ2) is 12.2. The van der Waals surface area contributed by atoms with Crippen LogP contribution in [0.25, 0.3) is 10.1 Å². The van der Waals surface area contributed by atoms with E-state index in [1.165, 1.54) is 24.3 Å². The van der Waals surface area contributed by atoms with Gasteiger partial charge in [0.05, 0.1) is 35.7 Å². The monoisotopic (exact) mass is 695 g/mol. The van der Waals surface area contributed by atoms with Crippen LogP contribution in [0, 0.1) is 17.2 Å². The molecule has 0 radical (unpaired) electrons. The van der Waals surface area contributed by atoms with E-state index in [-0.39, 0.29) is 34.2 Å². The topological polar surface area (TPSA) is 173 Å². The number of pyridine rings is 1. The molecular formula is C33H35FN5O7PS. The standard InChI is InChI=1S/C33H35FN5O7PS/c1-46-22-12-20(15-36-16-22)23-17-38(33(9-10-33)24(23)14-35)32(42)26-7-6-21-3-2-4-25(31(41)39(21)26)37-30(40)28-13-19-11-18(5-8-27(19)48-28)29(34)47(43,44)45/h5,8,11-13,15-16,21,23-26,29H,2-4,6-7,9-10,17H2,1H3,(H,37,40)(H2,43,44,45)/t21-,23-,24-,25-,26-,29-/m0/s1. The summed E-state index contributed by atoms with van der Waals surface area (Å²) in [7, 11) is -3.44. The maximum atomic E-state index is 14.4. The van der Waals surface area contributed by atoms with Gasteiger partial charge in [0.15, 0.2) is 0 Å². The lowest BCUT2D eigenvalue weighted by atomic mass is 9.85. The van der Waals surface area contributed by atoms with Gasteiger partial charge in [-0.3, -0.25) is 23.9 Å². The van der Waals surface area contributed by atoms with Crippen LogP contribution in [-0.2, 0) is 14.2 Å². The van der Waals surface area contributed by atoms with Crippen LogP contribution in [0.15, 0.2) is 42.7 Å². The normalized spacial score (nSPS) is 27.0. The van der Waals surface area contributed by atoms with Crippen LogP contribution in [0.2, 0.25) is 0 Å². The summed E-state index contributed by atoms with van der Waals surface area (Å²) in [6.07, 6.45) is 7.74. The number of benzene rings is 1. The molecule has 15 heteroatoms. The number of likely N-dealkylation sites (tertiary alicyclic amines) is 1. The van der Waals surface area contributed by atoms with Crippen molar-refractivity contribution in [3.63, 3.8) is 0 Å². The SMILES string of the molecule is COc1cncc([C@@H]2CN(C(=O)[C@@H]3CC[C@@H]4CCC[C@H](NC(=O)c5cc6cc([C@@H](F)P(=O)(O)O)ccc6s5)C(=O)N43)C3(CC3)[C@H]2C#N)c1. The number of nitrogens with zero attached hydrogens (tertiary/aromatic N) is 4. The lowest BCUT2D eigenvalue weighted by Crippen LogP contribution is -2.56. The van der Waals surface area contributed by atoms with E-state index in [0.717, 1.165) is 29.7 Å². The van der Waals surface area contributed by atoms with Gasteiger partial charge in [-0.25, -0.2) is 4.39 Å². The Balaban J connectivity index is 1.09. The Labute approximate surface area is 280 Å². The van der Waals surface area contributed by atoms with Crippen molar-refractivity contribution in [2.75, 3.05) is 13.7 Å². The number of carbonyl (C=O) groups is 3. The smallest absolute Gasteiger partial charge is 0.363 e. The van der Waals surface area contributed by atoms with E-state index in [1.54, 1.807) is 24.4 Å². The second-order valence-corrected chi connectivity index (χ2v) is 15.9. The van der Waals surface area contributed by atoms with E-state index < -0.39 is 43.0 Å².